The van der Waals surface area contributed by atoms with E-state index in [0.29, 0.717) is 5.92 Å². The van der Waals surface area contributed by atoms with E-state index >= 15 is 0 Å². The first-order chi connectivity index (χ1) is 11.2. The zero-order valence-electron chi connectivity index (χ0n) is 15.1. The lowest BCUT2D eigenvalue weighted by molar-refractivity contribution is 0.299. The molecule has 0 spiro atoms. The van der Waals surface area contributed by atoms with E-state index in [1.54, 1.807) is 0 Å². The van der Waals surface area contributed by atoms with Gasteiger partial charge in [0.15, 0.2) is 5.96 Å². The van der Waals surface area contributed by atoms with Crippen LogP contribution in [0.1, 0.15) is 38.2 Å². The summed E-state index contributed by atoms with van der Waals surface area (Å²) in [5.41, 5.74) is 1.34. The van der Waals surface area contributed by atoms with Gasteiger partial charge in [0.2, 0.25) is 0 Å². The Balaban J connectivity index is 1.76. The zero-order valence-corrected chi connectivity index (χ0v) is 15.1. The molecule has 1 aromatic heterocycles. The lowest BCUT2D eigenvalue weighted by atomic mass is 10.0. The fourth-order valence-corrected chi connectivity index (χ4v) is 3.25. The molecule has 1 N–H and O–H groups in total. The summed E-state index contributed by atoms with van der Waals surface area (Å²) in [7, 11) is 3.86. The fourth-order valence-electron chi connectivity index (χ4n) is 3.25. The van der Waals surface area contributed by atoms with E-state index in [1.807, 2.05) is 25.0 Å². The molecule has 1 atom stereocenters. The summed E-state index contributed by atoms with van der Waals surface area (Å²) in [5, 5.41) is 7.81. The van der Waals surface area contributed by atoms with Crippen LogP contribution in [0.2, 0.25) is 0 Å². The van der Waals surface area contributed by atoms with E-state index in [1.165, 1.54) is 12.0 Å². The molecule has 1 aromatic rings. The van der Waals surface area contributed by atoms with Gasteiger partial charge in [-0.1, -0.05) is 13.8 Å². The highest BCUT2D eigenvalue weighted by molar-refractivity contribution is 5.80. The summed E-state index contributed by atoms with van der Waals surface area (Å²) in [6.07, 6.45) is 6.45. The monoisotopic (exact) mass is 320 g/mol. The number of guanidine groups is 1. The van der Waals surface area contributed by atoms with Gasteiger partial charge < -0.3 is 15.1 Å². The standard InChI is InChI=1S/C17H32N6/c1-5-22(6-2)10-7-9-19-17(18-3)23-11-8-15(14-23)16-12-20-21(4)13-16/h12-13,15H,5-11,14H2,1-4H3,(H,18,19). The lowest BCUT2D eigenvalue weighted by Gasteiger charge is -2.23. The van der Waals surface area contributed by atoms with Gasteiger partial charge in [-0.2, -0.15) is 5.10 Å². The summed E-state index contributed by atoms with van der Waals surface area (Å²) in [6, 6.07) is 0. The Morgan fingerprint density at radius 3 is 2.83 bits per heavy atom. The molecule has 2 heterocycles. The van der Waals surface area contributed by atoms with E-state index in [2.05, 4.69) is 45.3 Å². The predicted octanol–water partition coefficient (Wildman–Crippen LogP) is 1.52. The van der Waals surface area contributed by atoms with Gasteiger partial charge >= 0.3 is 0 Å². The number of aliphatic imine (C=N–C) groups is 1. The minimum Gasteiger partial charge on any atom is -0.356 e. The molecular formula is C17H32N6. The molecule has 1 aliphatic rings. The van der Waals surface area contributed by atoms with E-state index in [9.17, 15) is 0 Å². The smallest absolute Gasteiger partial charge is 0.193 e. The Morgan fingerprint density at radius 1 is 1.43 bits per heavy atom. The normalized spacial score (nSPS) is 18.9. The van der Waals surface area contributed by atoms with Crippen molar-refractivity contribution in [3.8, 4) is 0 Å². The Kier molecular flexibility index (Phi) is 6.89. The van der Waals surface area contributed by atoms with Crippen molar-refractivity contribution in [3.63, 3.8) is 0 Å². The first-order valence-corrected chi connectivity index (χ1v) is 8.84. The van der Waals surface area contributed by atoms with Crippen molar-refractivity contribution >= 4 is 5.96 Å². The van der Waals surface area contributed by atoms with Crippen molar-refractivity contribution in [2.75, 3.05) is 46.3 Å². The molecule has 1 unspecified atom stereocenters. The number of aromatic nitrogens is 2. The van der Waals surface area contributed by atoms with Crippen LogP contribution in [-0.4, -0.2) is 71.9 Å². The van der Waals surface area contributed by atoms with E-state index in [4.69, 9.17) is 0 Å². The summed E-state index contributed by atoms with van der Waals surface area (Å²) in [4.78, 5) is 9.28. The fraction of sp³-hybridized carbons (Fsp3) is 0.765. The number of hydrogen-bond acceptors (Lipinski definition) is 3. The molecule has 2 rings (SSSR count). The van der Waals surface area contributed by atoms with Crippen LogP contribution in [0.4, 0.5) is 0 Å². The molecule has 6 heteroatoms. The summed E-state index contributed by atoms with van der Waals surface area (Å²) < 4.78 is 1.89. The van der Waals surface area contributed by atoms with Crippen LogP contribution in [0.3, 0.4) is 0 Å². The zero-order chi connectivity index (χ0) is 16.7. The van der Waals surface area contributed by atoms with E-state index < -0.39 is 0 Å². The van der Waals surface area contributed by atoms with Crippen molar-refractivity contribution < 1.29 is 0 Å². The minimum atomic E-state index is 0.568. The molecule has 130 valence electrons. The second kappa shape index (κ2) is 8.91. The topological polar surface area (TPSA) is 48.7 Å². The number of nitrogens with one attached hydrogen (secondary N) is 1. The first kappa shape index (κ1) is 17.8. The second-order valence-electron chi connectivity index (χ2n) is 6.23. The third-order valence-electron chi connectivity index (χ3n) is 4.72. The van der Waals surface area contributed by atoms with Crippen molar-refractivity contribution in [2.45, 2.75) is 32.6 Å². The highest BCUT2D eigenvalue weighted by Gasteiger charge is 2.26. The molecule has 1 saturated heterocycles. The molecule has 0 aliphatic carbocycles. The molecule has 1 aliphatic heterocycles. The van der Waals surface area contributed by atoms with Crippen molar-refractivity contribution in [1.29, 1.82) is 0 Å². The van der Waals surface area contributed by atoms with Crippen LogP contribution >= 0.6 is 0 Å². The Morgan fingerprint density at radius 2 is 2.22 bits per heavy atom. The van der Waals surface area contributed by atoms with Crippen molar-refractivity contribution in [2.24, 2.45) is 12.0 Å². The molecule has 0 bridgehead atoms. The highest BCUT2D eigenvalue weighted by Crippen LogP contribution is 2.26. The highest BCUT2D eigenvalue weighted by atomic mass is 15.3. The van der Waals surface area contributed by atoms with Gasteiger partial charge in [0.1, 0.15) is 0 Å². The Bertz CT molecular complexity index is 491. The molecule has 0 saturated carbocycles. The van der Waals surface area contributed by atoms with Gasteiger partial charge in [-0.3, -0.25) is 9.67 Å². The van der Waals surface area contributed by atoms with Crippen LogP contribution in [0.15, 0.2) is 17.4 Å². The maximum Gasteiger partial charge on any atom is 0.193 e. The van der Waals surface area contributed by atoms with Crippen molar-refractivity contribution in [3.05, 3.63) is 18.0 Å². The largest absolute Gasteiger partial charge is 0.356 e. The summed E-state index contributed by atoms with van der Waals surface area (Å²) >= 11 is 0. The molecule has 1 fully saturated rings. The molecule has 0 radical (unpaired) electrons. The number of rotatable bonds is 7. The minimum absolute atomic E-state index is 0.568. The SMILES string of the molecule is CCN(CC)CCCNC(=NC)N1CCC(c2cnn(C)c2)C1. The van der Waals surface area contributed by atoms with Crippen LogP contribution in [0.5, 0.6) is 0 Å². The molecule has 0 amide bonds. The Hall–Kier alpha value is -1.56. The van der Waals surface area contributed by atoms with Gasteiger partial charge in [0.25, 0.3) is 0 Å². The number of likely N-dealkylation sites (tertiary alicyclic amines) is 1. The van der Waals surface area contributed by atoms with Crippen LogP contribution in [0, 0.1) is 0 Å². The van der Waals surface area contributed by atoms with Gasteiger partial charge in [0, 0.05) is 45.8 Å². The van der Waals surface area contributed by atoms with Gasteiger partial charge in [-0.05, 0) is 38.0 Å². The van der Waals surface area contributed by atoms with E-state index in [-0.39, 0.29) is 0 Å². The number of nitrogens with zero attached hydrogens (tertiary/aromatic N) is 5. The average Bonchev–Trinajstić information content (AvgIpc) is 3.20. The van der Waals surface area contributed by atoms with E-state index in [0.717, 1.165) is 51.6 Å². The van der Waals surface area contributed by atoms with Gasteiger partial charge in [0.05, 0.1) is 6.20 Å². The van der Waals surface area contributed by atoms with Gasteiger partial charge in [-0.25, -0.2) is 0 Å². The third kappa shape index (κ3) is 4.96. The maximum absolute atomic E-state index is 4.46. The van der Waals surface area contributed by atoms with Crippen molar-refractivity contribution in [1.82, 2.24) is 24.9 Å². The number of hydrogen-bond donors (Lipinski definition) is 1. The molecular weight excluding hydrogens is 288 g/mol. The first-order valence-electron chi connectivity index (χ1n) is 8.84. The maximum atomic E-state index is 4.46. The number of aryl methyl sites for hydroxylation is 1. The predicted molar refractivity (Wildman–Crippen MR) is 95.9 cm³/mol. The van der Waals surface area contributed by atoms with Crippen LogP contribution in [0.25, 0.3) is 0 Å². The third-order valence-corrected chi connectivity index (χ3v) is 4.72. The van der Waals surface area contributed by atoms with Gasteiger partial charge in [-0.15, -0.1) is 0 Å². The average molecular weight is 320 g/mol. The summed E-state index contributed by atoms with van der Waals surface area (Å²) in [5.74, 6) is 1.61. The Labute approximate surface area is 140 Å². The van der Waals surface area contributed by atoms with Crippen LogP contribution in [-0.2, 0) is 7.05 Å². The molecule has 6 nitrogen and oxygen atoms in total. The summed E-state index contributed by atoms with van der Waals surface area (Å²) in [6.45, 7) is 10.9. The quantitative estimate of drug-likeness (QED) is 0.470. The molecule has 0 aromatic carbocycles. The van der Waals surface area contributed by atoms with Crippen LogP contribution < -0.4 is 5.32 Å². The molecule has 23 heavy (non-hydrogen) atoms. The lowest BCUT2D eigenvalue weighted by Crippen LogP contribution is -2.41. The second-order valence-corrected chi connectivity index (χ2v) is 6.23.